The maximum atomic E-state index is 12.4. The Bertz CT molecular complexity index is 681. The van der Waals surface area contributed by atoms with E-state index in [1.165, 1.54) is 22.9 Å². The van der Waals surface area contributed by atoms with Crippen LogP contribution in [0.4, 0.5) is 4.79 Å². The van der Waals surface area contributed by atoms with Crippen molar-refractivity contribution < 1.29 is 28.6 Å². The van der Waals surface area contributed by atoms with Crippen LogP contribution in [-0.2, 0) is 19.0 Å². The first-order valence-corrected chi connectivity index (χ1v) is 8.32. The van der Waals surface area contributed by atoms with Crippen molar-refractivity contribution in [3.8, 4) is 0 Å². The van der Waals surface area contributed by atoms with Crippen molar-refractivity contribution >= 4 is 18.0 Å². The standard InChI is InChI=1S/C16H24N4O6/c1-6-25-13(21)11-9-20(18-17-11)10-7-12(14(22)24-5)19(8-10)15(23)26-16(2,3)4/h9-10,12H,6-8H2,1-5H3/t10-,12+/m1/s1. The summed E-state index contributed by atoms with van der Waals surface area (Å²) in [5, 5.41) is 7.71. The van der Waals surface area contributed by atoms with Gasteiger partial charge in [0.25, 0.3) is 0 Å². The van der Waals surface area contributed by atoms with Gasteiger partial charge < -0.3 is 14.2 Å². The highest BCUT2D eigenvalue weighted by Crippen LogP contribution is 2.29. The highest BCUT2D eigenvalue weighted by Gasteiger charge is 2.43. The Kier molecular flexibility index (Phi) is 5.83. The summed E-state index contributed by atoms with van der Waals surface area (Å²) in [6.45, 7) is 7.34. The molecule has 0 spiro atoms. The van der Waals surface area contributed by atoms with E-state index in [9.17, 15) is 14.4 Å². The molecule has 0 saturated carbocycles. The number of ether oxygens (including phenoxy) is 3. The van der Waals surface area contributed by atoms with Crippen molar-refractivity contribution in [2.24, 2.45) is 0 Å². The van der Waals surface area contributed by atoms with E-state index in [1.807, 2.05) is 0 Å². The summed E-state index contributed by atoms with van der Waals surface area (Å²) in [7, 11) is 1.26. The van der Waals surface area contributed by atoms with Crippen molar-refractivity contribution in [2.45, 2.75) is 51.8 Å². The molecule has 0 unspecified atom stereocenters. The van der Waals surface area contributed by atoms with Gasteiger partial charge in [-0.1, -0.05) is 5.21 Å². The van der Waals surface area contributed by atoms with E-state index < -0.39 is 29.7 Å². The van der Waals surface area contributed by atoms with E-state index in [-0.39, 0.29) is 31.3 Å². The molecule has 0 N–H and O–H groups in total. The molecular formula is C16H24N4O6. The van der Waals surface area contributed by atoms with Crippen LogP contribution in [0.25, 0.3) is 0 Å². The molecule has 0 aromatic carbocycles. The Labute approximate surface area is 151 Å². The predicted octanol–water partition coefficient (Wildman–Crippen LogP) is 1.18. The number of methoxy groups -OCH3 is 1. The molecule has 1 aromatic rings. The number of amides is 1. The Balaban J connectivity index is 2.18. The molecule has 1 aliphatic rings. The SMILES string of the molecule is CCOC(=O)c1cn([C@@H]2C[C@@H](C(=O)OC)N(C(=O)OC(C)(C)C)C2)nn1. The van der Waals surface area contributed by atoms with E-state index in [0.717, 1.165) is 0 Å². The van der Waals surface area contributed by atoms with Gasteiger partial charge in [-0.05, 0) is 27.7 Å². The number of rotatable bonds is 4. The number of carbonyl (C=O) groups is 3. The summed E-state index contributed by atoms with van der Waals surface area (Å²) in [5.74, 6) is -1.12. The second-order valence-corrected chi connectivity index (χ2v) is 6.87. The van der Waals surface area contributed by atoms with Gasteiger partial charge in [0.15, 0.2) is 5.69 Å². The Morgan fingerprint density at radius 2 is 2.00 bits per heavy atom. The zero-order chi connectivity index (χ0) is 19.5. The molecule has 10 nitrogen and oxygen atoms in total. The maximum Gasteiger partial charge on any atom is 0.411 e. The zero-order valence-corrected chi connectivity index (χ0v) is 15.6. The van der Waals surface area contributed by atoms with E-state index in [1.54, 1.807) is 27.7 Å². The third kappa shape index (κ3) is 4.50. The molecule has 1 fully saturated rings. The Morgan fingerprint density at radius 3 is 2.58 bits per heavy atom. The Hall–Kier alpha value is -2.65. The molecule has 1 aromatic heterocycles. The van der Waals surface area contributed by atoms with Crippen molar-refractivity contribution in [3.63, 3.8) is 0 Å². The molecule has 2 heterocycles. The molecule has 2 atom stereocenters. The van der Waals surface area contributed by atoms with Crippen molar-refractivity contribution in [2.75, 3.05) is 20.3 Å². The van der Waals surface area contributed by atoms with Crippen LogP contribution in [0.2, 0.25) is 0 Å². The molecule has 1 saturated heterocycles. The van der Waals surface area contributed by atoms with Crippen molar-refractivity contribution in [1.29, 1.82) is 0 Å². The molecule has 144 valence electrons. The number of hydrogen-bond acceptors (Lipinski definition) is 8. The summed E-state index contributed by atoms with van der Waals surface area (Å²) in [6, 6.07) is -1.14. The minimum absolute atomic E-state index is 0.0668. The molecule has 0 radical (unpaired) electrons. The van der Waals surface area contributed by atoms with Gasteiger partial charge in [0.2, 0.25) is 0 Å². The summed E-state index contributed by atoms with van der Waals surface area (Å²) >= 11 is 0. The van der Waals surface area contributed by atoms with Gasteiger partial charge in [-0.25, -0.2) is 19.1 Å². The fraction of sp³-hybridized carbons (Fsp3) is 0.688. The smallest absolute Gasteiger partial charge is 0.411 e. The normalized spacial score (nSPS) is 20.0. The molecule has 10 heteroatoms. The number of hydrogen-bond donors (Lipinski definition) is 0. The van der Waals surface area contributed by atoms with Gasteiger partial charge in [-0.2, -0.15) is 0 Å². The van der Waals surface area contributed by atoms with E-state index in [0.29, 0.717) is 0 Å². The molecular weight excluding hydrogens is 344 g/mol. The average Bonchev–Trinajstić information content (AvgIpc) is 3.19. The first kappa shape index (κ1) is 19.7. The first-order chi connectivity index (χ1) is 12.2. The lowest BCUT2D eigenvalue weighted by Gasteiger charge is -2.27. The molecule has 1 amide bonds. The minimum atomic E-state index is -0.796. The largest absolute Gasteiger partial charge is 0.467 e. The average molecular weight is 368 g/mol. The van der Waals surface area contributed by atoms with Gasteiger partial charge >= 0.3 is 18.0 Å². The van der Waals surface area contributed by atoms with Crippen LogP contribution >= 0.6 is 0 Å². The van der Waals surface area contributed by atoms with Crippen molar-refractivity contribution in [3.05, 3.63) is 11.9 Å². The van der Waals surface area contributed by atoms with E-state index in [2.05, 4.69) is 10.3 Å². The minimum Gasteiger partial charge on any atom is -0.467 e. The lowest BCUT2D eigenvalue weighted by molar-refractivity contribution is -0.145. The highest BCUT2D eigenvalue weighted by molar-refractivity contribution is 5.86. The van der Waals surface area contributed by atoms with Gasteiger partial charge in [-0.15, -0.1) is 5.10 Å². The molecule has 26 heavy (non-hydrogen) atoms. The fourth-order valence-corrected chi connectivity index (χ4v) is 2.64. The fourth-order valence-electron chi connectivity index (χ4n) is 2.64. The predicted molar refractivity (Wildman–Crippen MR) is 88.4 cm³/mol. The number of carbonyl (C=O) groups excluding carboxylic acids is 3. The van der Waals surface area contributed by atoms with Crippen LogP contribution in [0.5, 0.6) is 0 Å². The zero-order valence-electron chi connectivity index (χ0n) is 15.6. The quantitative estimate of drug-likeness (QED) is 0.575. The topological polar surface area (TPSA) is 113 Å². The Morgan fingerprint density at radius 1 is 1.31 bits per heavy atom. The third-order valence-corrected chi connectivity index (χ3v) is 3.75. The number of esters is 2. The molecule has 2 rings (SSSR count). The second kappa shape index (κ2) is 7.71. The number of likely N-dealkylation sites (tertiary alicyclic amines) is 1. The van der Waals surface area contributed by atoms with Gasteiger partial charge in [0.1, 0.15) is 11.6 Å². The summed E-state index contributed by atoms with van der Waals surface area (Å²) in [4.78, 5) is 37.6. The first-order valence-electron chi connectivity index (χ1n) is 8.32. The van der Waals surface area contributed by atoms with Gasteiger partial charge in [0, 0.05) is 13.0 Å². The van der Waals surface area contributed by atoms with Crippen LogP contribution in [0.15, 0.2) is 6.20 Å². The van der Waals surface area contributed by atoms with Crippen molar-refractivity contribution in [1.82, 2.24) is 19.9 Å². The maximum absolute atomic E-state index is 12.4. The summed E-state index contributed by atoms with van der Waals surface area (Å²) in [5.41, 5.74) is -0.627. The van der Waals surface area contributed by atoms with Crippen LogP contribution in [-0.4, -0.2) is 69.8 Å². The molecule has 0 bridgehead atoms. The number of aromatic nitrogens is 3. The van der Waals surface area contributed by atoms with E-state index >= 15 is 0 Å². The third-order valence-electron chi connectivity index (χ3n) is 3.75. The molecule has 1 aliphatic heterocycles. The van der Waals surface area contributed by atoms with Gasteiger partial charge in [0.05, 0.1) is 26.0 Å². The number of nitrogens with zero attached hydrogens (tertiary/aromatic N) is 4. The van der Waals surface area contributed by atoms with Crippen LogP contribution in [0.3, 0.4) is 0 Å². The molecule has 0 aliphatic carbocycles. The van der Waals surface area contributed by atoms with E-state index in [4.69, 9.17) is 14.2 Å². The lowest BCUT2D eigenvalue weighted by Crippen LogP contribution is -2.43. The highest BCUT2D eigenvalue weighted by atomic mass is 16.6. The lowest BCUT2D eigenvalue weighted by atomic mass is 10.2. The van der Waals surface area contributed by atoms with Crippen LogP contribution in [0.1, 0.15) is 50.6 Å². The summed E-state index contributed by atoms with van der Waals surface area (Å²) < 4.78 is 16.5. The summed E-state index contributed by atoms with van der Waals surface area (Å²) in [6.07, 6.45) is 1.11. The monoisotopic (exact) mass is 368 g/mol. The van der Waals surface area contributed by atoms with Gasteiger partial charge in [-0.3, -0.25) is 4.90 Å². The van der Waals surface area contributed by atoms with Crippen LogP contribution in [0, 0.1) is 0 Å². The second-order valence-electron chi connectivity index (χ2n) is 6.87. The van der Waals surface area contributed by atoms with Crippen LogP contribution < -0.4 is 0 Å².